The normalized spacial score (nSPS) is 19.8. The van der Waals surface area contributed by atoms with Crippen LogP contribution in [-0.2, 0) is 18.4 Å². The van der Waals surface area contributed by atoms with Crippen LogP contribution >= 0.6 is 0 Å². The molecule has 0 saturated carbocycles. The first-order valence-corrected chi connectivity index (χ1v) is 9.47. The highest BCUT2D eigenvalue weighted by atomic mass is 16.1. The lowest BCUT2D eigenvalue weighted by Gasteiger charge is -2.22. The van der Waals surface area contributed by atoms with Gasteiger partial charge in [0.1, 0.15) is 5.82 Å². The van der Waals surface area contributed by atoms with E-state index in [1.165, 1.54) is 5.56 Å². The molecule has 1 fully saturated rings. The summed E-state index contributed by atoms with van der Waals surface area (Å²) in [5.41, 5.74) is 3.30. The predicted molar refractivity (Wildman–Crippen MR) is 105 cm³/mol. The van der Waals surface area contributed by atoms with Gasteiger partial charge in [0.2, 0.25) is 5.91 Å². The number of benzene rings is 1. The van der Waals surface area contributed by atoms with E-state index in [-0.39, 0.29) is 18.0 Å². The zero-order chi connectivity index (χ0) is 19.7. The summed E-state index contributed by atoms with van der Waals surface area (Å²) in [5.74, 6) is 1.51. The van der Waals surface area contributed by atoms with E-state index in [2.05, 4.69) is 32.4 Å². The van der Waals surface area contributed by atoms with Gasteiger partial charge in [0.15, 0.2) is 5.82 Å². The molecule has 1 saturated heterocycles. The molecule has 0 unspecified atom stereocenters. The summed E-state index contributed by atoms with van der Waals surface area (Å²) in [4.78, 5) is 18.7. The molecule has 146 valence electrons. The number of likely N-dealkylation sites (tertiary alicyclic amines) is 1. The van der Waals surface area contributed by atoms with Crippen molar-refractivity contribution < 1.29 is 4.79 Å². The monoisotopic (exact) mass is 379 g/mol. The summed E-state index contributed by atoms with van der Waals surface area (Å²) in [6.07, 6.45) is 2.70. The zero-order valence-electron chi connectivity index (χ0n) is 16.4. The molecule has 8 nitrogen and oxygen atoms in total. The molecule has 0 bridgehead atoms. The Kier molecular flexibility index (Phi) is 4.95. The molecule has 3 heterocycles. The number of rotatable bonds is 5. The lowest BCUT2D eigenvalue weighted by atomic mass is 10.1. The highest BCUT2D eigenvalue weighted by Crippen LogP contribution is 2.33. The Labute approximate surface area is 164 Å². The van der Waals surface area contributed by atoms with E-state index >= 15 is 0 Å². The molecule has 2 N–H and O–H groups in total. The molecular weight excluding hydrogens is 354 g/mol. The maximum absolute atomic E-state index is 11.6. The Morgan fingerprint density at radius 1 is 1.32 bits per heavy atom. The second-order valence-electron chi connectivity index (χ2n) is 7.37. The van der Waals surface area contributed by atoms with Gasteiger partial charge >= 0.3 is 0 Å². The van der Waals surface area contributed by atoms with Crippen LogP contribution in [0, 0.1) is 6.92 Å². The average molecular weight is 379 g/mol. The van der Waals surface area contributed by atoms with Gasteiger partial charge in [0.25, 0.3) is 0 Å². The highest BCUT2D eigenvalue weighted by Gasteiger charge is 2.36. The van der Waals surface area contributed by atoms with Gasteiger partial charge in [-0.25, -0.2) is 4.98 Å². The Bertz CT molecular complexity index is 962. The molecule has 0 aliphatic carbocycles. The molecule has 1 aliphatic heterocycles. The summed E-state index contributed by atoms with van der Waals surface area (Å²) in [6.45, 7) is 5.15. The molecule has 1 aromatic carbocycles. The standard InChI is InChI=1S/C20H25N7O/c1-13-16(10-21-26(13)3)11-27-12-17(22-14(2)28)9-18(27)20-23-19(24-25-20)15-7-5-4-6-8-15/h4-8,10,17-18H,9,11-12H2,1-3H3,(H,22,28)(H,23,24,25)/t17-,18-/m0/s1. The van der Waals surface area contributed by atoms with E-state index in [0.717, 1.165) is 36.6 Å². The number of carbonyl (C=O) groups is 1. The van der Waals surface area contributed by atoms with Crippen molar-refractivity contribution in [2.75, 3.05) is 6.54 Å². The van der Waals surface area contributed by atoms with E-state index in [4.69, 9.17) is 4.98 Å². The number of aryl methyl sites for hydroxylation is 1. The van der Waals surface area contributed by atoms with Crippen LogP contribution in [0.15, 0.2) is 36.5 Å². The van der Waals surface area contributed by atoms with Gasteiger partial charge in [-0.15, -0.1) is 0 Å². The van der Waals surface area contributed by atoms with Crippen molar-refractivity contribution in [1.82, 2.24) is 35.2 Å². The number of carbonyl (C=O) groups excluding carboxylic acids is 1. The van der Waals surface area contributed by atoms with Crippen LogP contribution in [-0.4, -0.2) is 48.4 Å². The molecular formula is C20H25N7O. The molecule has 4 rings (SSSR count). The van der Waals surface area contributed by atoms with Crippen LogP contribution in [0.1, 0.15) is 36.5 Å². The number of aromatic nitrogens is 5. The molecule has 2 aromatic heterocycles. The predicted octanol–water partition coefficient (Wildman–Crippen LogP) is 1.97. The molecule has 2 atom stereocenters. The smallest absolute Gasteiger partial charge is 0.217 e. The molecule has 1 amide bonds. The van der Waals surface area contributed by atoms with Gasteiger partial charge in [-0.05, 0) is 13.3 Å². The van der Waals surface area contributed by atoms with Gasteiger partial charge in [0, 0.05) is 49.9 Å². The minimum absolute atomic E-state index is 0.00861. The first kappa shape index (κ1) is 18.4. The number of nitrogens with zero attached hydrogens (tertiary/aromatic N) is 5. The van der Waals surface area contributed by atoms with Crippen LogP contribution in [0.2, 0.25) is 0 Å². The van der Waals surface area contributed by atoms with Crippen LogP contribution in [0.5, 0.6) is 0 Å². The summed E-state index contributed by atoms with van der Waals surface area (Å²) >= 11 is 0. The molecule has 28 heavy (non-hydrogen) atoms. The van der Waals surface area contributed by atoms with E-state index in [9.17, 15) is 4.79 Å². The van der Waals surface area contributed by atoms with E-state index in [1.54, 1.807) is 6.92 Å². The van der Waals surface area contributed by atoms with E-state index < -0.39 is 0 Å². The van der Waals surface area contributed by atoms with Crippen LogP contribution < -0.4 is 5.32 Å². The zero-order valence-corrected chi connectivity index (χ0v) is 16.4. The number of amides is 1. The third kappa shape index (κ3) is 3.68. The largest absolute Gasteiger partial charge is 0.352 e. The van der Waals surface area contributed by atoms with Crippen molar-refractivity contribution in [2.45, 2.75) is 38.9 Å². The van der Waals surface area contributed by atoms with Crippen molar-refractivity contribution in [3.8, 4) is 11.4 Å². The Hall–Kier alpha value is -3.00. The van der Waals surface area contributed by atoms with Gasteiger partial charge in [-0.1, -0.05) is 30.3 Å². The van der Waals surface area contributed by atoms with Gasteiger partial charge < -0.3 is 5.32 Å². The lowest BCUT2D eigenvalue weighted by Crippen LogP contribution is -2.35. The number of hydrogen-bond acceptors (Lipinski definition) is 5. The summed E-state index contributed by atoms with van der Waals surface area (Å²) < 4.78 is 1.88. The Morgan fingerprint density at radius 2 is 2.11 bits per heavy atom. The number of H-pyrrole nitrogens is 1. The molecule has 0 spiro atoms. The van der Waals surface area contributed by atoms with Gasteiger partial charge in [0.05, 0.1) is 12.2 Å². The summed E-state index contributed by atoms with van der Waals surface area (Å²) in [7, 11) is 1.95. The molecule has 0 radical (unpaired) electrons. The maximum atomic E-state index is 11.6. The SMILES string of the molecule is CC(=O)N[C@H]1C[C@@H](c2nc(-c3ccccc3)n[nH]2)N(Cc2cnn(C)c2C)C1. The first-order valence-electron chi connectivity index (χ1n) is 9.47. The third-order valence-corrected chi connectivity index (χ3v) is 5.37. The van der Waals surface area contributed by atoms with Crippen molar-refractivity contribution in [2.24, 2.45) is 7.05 Å². The summed E-state index contributed by atoms with van der Waals surface area (Å²) in [5, 5.41) is 14.9. The molecule has 8 heteroatoms. The summed E-state index contributed by atoms with van der Waals surface area (Å²) in [6, 6.07) is 10.1. The van der Waals surface area contributed by atoms with Crippen molar-refractivity contribution in [3.05, 3.63) is 53.6 Å². The molecule has 1 aliphatic rings. The molecule has 3 aromatic rings. The second kappa shape index (κ2) is 7.55. The second-order valence-corrected chi connectivity index (χ2v) is 7.37. The van der Waals surface area contributed by atoms with Crippen LogP contribution in [0.4, 0.5) is 0 Å². The fourth-order valence-electron chi connectivity index (χ4n) is 3.81. The Balaban J connectivity index is 1.59. The lowest BCUT2D eigenvalue weighted by molar-refractivity contribution is -0.119. The van der Waals surface area contributed by atoms with Crippen LogP contribution in [0.25, 0.3) is 11.4 Å². The quantitative estimate of drug-likeness (QED) is 0.707. The van der Waals surface area contributed by atoms with Crippen LogP contribution in [0.3, 0.4) is 0 Å². The van der Waals surface area contributed by atoms with Gasteiger partial charge in [-0.2, -0.15) is 10.2 Å². The fourth-order valence-corrected chi connectivity index (χ4v) is 3.81. The number of aromatic amines is 1. The van der Waals surface area contributed by atoms with E-state index in [0.29, 0.717) is 5.82 Å². The van der Waals surface area contributed by atoms with Crippen molar-refractivity contribution in [3.63, 3.8) is 0 Å². The fraction of sp³-hybridized carbons (Fsp3) is 0.400. The van der Waals surface area contributed by atoms with E-state index in [1.807, 2.05) is 48.3 Å². The maximum Gasteiger partial charge on any atom is 0.217 e. The van der Waals surface area contributed by atoms with Crippen molar-refractivity contribution >= 4 is 5.91 Å². The topological polar surface area (TPSA) is 91.7 Å². The number of nitrogens with one attached hydrogen (secondary N) is 2. The number of hydrogen-bond donors (Lipinski definition) is 2. The average Bonchev–Trinajstić information content (AvgIpc) is 3.38. The third-order valence-electron chi connectivity index (χ3n) is 5.37. The highest BCUT2D eigenvalue weighted by molar-refractivity contribution is 5.73. The first-order chi connectivity index (χ1) is 13.5. The minimum Gasteiger partial charge on any atom is -0.352 e. The van der Waals surface area contributed by atoms with Crippen molar-refractivity contribution in [1.29, 1.82) is 0 Å². The minimum atomic E-state index is -0.00861. The Morgan fingerprint density at radius 3 is 2.79 bits per heavy atom. The van der Waals surface area contributed by atoms with Gasteiger partial charge in [-0.3, -0.25) is 19.5 Å².